The Kier molecular flexibility index (Phi) is 3.96. The monoisotopic (exact) mass is 263 g/mol. The number of hydrogen-bond donors (Lipinski definition) is 2. The molecule has 0 saturated heterocycles. The number of nitrogens with zero attached hydrogens (tertiary/aromatic N) is 3. The van der Waals surface area contributed by atoms with Crippen LogP contribution in [-0.4, -0.2) is 42.1 Å². The van der Waals surface area contributed by atoms with Crippen molar-refractivity contribution in [3.8, 4) is 0 Å². The number of nitro benzene ring substituents is 1. The Morgan fingerprint density at radius 3 is 3.00 bits per heavy atom. The van der Waals surface area contributed by atoms with Gasteiger partial charge in [0.2, 0.25) is 5.95 Å². The molecule has 0 atom stereocenters. The molecule has 2 aromatic rings. The van der Waals surface area contributed by atoms with Gasteiger partial charge in [-0.1, -0.05) is 0 Å². The Bertz CT molecular complexity index is 581. The molecule has 0 aliphatic heterocycles. The number of H-pyrrole nitrogens is 1. The van der Waals surface area contributed by atoms with Crippen molar-refractivity contribution in [2.24, 2.45) is 0 Å². The average Bonchev–Trinajstić information content (AvgIpc) is 2.81. The molecule has 2 N–H and O–H groups in total. The first-order valence-electron chi connectivity index (χ1n) is 6.11. The molecule has 0 unspecified atom stereocenters. The second kappa shape index (κ2) is 5.66. The highest BCUT2D eigenvalue weighted by molar-refractivity contribution is 5.80. The van der Waals surface area contributed by atoms with Crippen LogP contribution in [0.25, 0.3) is 11.0 Å². The Labute approximate surface area is 110 Å². The molecule has 0 amide bonds. The number of rotatable bonds is 6. The van der Waals surface area contributed by atoms with Gasteiger partial charge in [0.15, 0.2) is 0 Å². The molecule has 102 valence electrons. The number of hydrogen-bond acceptors (Lipinski definition) is 5. The van der Waals surface area contributed by atoms with Crippen LogP contribution in [0.4, 0.5) is 11.6 Å². The summed E-state index contributed by atoms with van der Waals surface area (Å²) in [6.07, 6.45) is 1.00. The molecule has 19 heavy (non-hydrogen) atoms. The number of anilines is 1. The molecule has 0 radical (unpaired) electrons. The first-order valence-corrected chi connectivity index (χ1v) is 6.11. The van der Waals surface area contributed by atoms with E-state index in [1.54, 1.807) is 6.07 Å². The summed E-state index contributed by atoms with van der Waals surface area (Å²) < 4.78 is 0. The zero-order valence-corrected chi connectivity index (χ0v) is 11.0. The van der Waals surface area contributed by atoms with Crippen molar-refractivity contribution in [2.75, 3.05) is 32.1 Å². The minimum atomic E-state index is -0.406. The van der Waals surface area contributed by atoms with Crippen LogP contribution >= 0.6 is 0 Å². The highest BCUT2D eigenvalue weighted by Crippen LogP contribution is 2.21. The van der Waals surface area contributed by atoms with Gasteiger partial charge in [0.25, 0.3) is 5.69 Å². The quantitative estimate of drug-likeness (QED) is 0.468. The van der Waals surface area contributed by atoms with Crippen LogP contribution in [0, 0.1) is 10.1 Å². The highest BCUT2D eigenvalue weighted by Gasteiger charge is 2.11. The molecule has 1 aromatic carbocycles. The average molecular weight is 263 g/mol. The zero-order valence-electron chi connectivity index (χ0n) is 11.0. The molecule has 1 heterocycles. The van der Waals surface area contributed by atoms with Crippen molar-refractivity contribution in [1.29, 1.82) is 0 Å². The molecule has 0 bridgehead atoms. The lowest BCUT2D eigenvalue weighted by molar-refractivity contribution is -0.384. The lowest BCUT2D eigenvalue weighted by Gasteiger charge is -2.15. The second-order valence-electron chi connectivity index (χ2n) is 4.40. The van der Waals surface area contributed by atoms with Gasteiger partial charge in [-0.05, 0) is 26.1 Å². The number of fused-ring (bicyclic) bond motifs is 1. The van der Waals surface area contributed by atoms with Crippen molar-refractivity contribution in [3.05, 3.63) is 28.3 Å². The van der Waals surface area contributed by atoms with Gasteiger partial charge in [0.05, 0.1) is 16.0 Å². The van der Waals surface area contributed by atoms with Gasteiger partial charge >= 0.3 is 0 Å². The van der Waals surface area contributed by atoms with Crippen LogP contribution in [0.15, 0.2) is 18.2 Å². The van der Waals surface area contributed by atoms with Crippen LogP contribution in [0.2, 0.25) is 0 Å². The predicted molar refractivity (Wildman–Crippen MR) is 74.6 cm³/mol. The van der Waals surface area contributed by atoms with Gasteiger partial charge < -0.3 is 15.2 Å². The van der Waals surface area contributed by atoms with Crippen LogP contribution < -0.4 is 10.2 Å². The van der Waals surface area contributed by atoms with E-state index in [-0.39, 0.29) is 5.69 Å². The second-order valence-corrected chi connectivity index (χ2v) is 4.40. The molecule has 2 rings (SSSR count). The third kappa shape index (κ3) is 3.00. The number of imidazole rings is 1. The van der Waals surface area contributed by atoms with Crippen molar-refractivity contribution < 1.29 is 4.92 Å². The van der Waals surface area contributed by atoms with Gasteiger partial charge in [-0.3, -0.25) is 10.1 Å². The molecule has 7 nitrogen and oxygen atoms in total. The fourth-order valence-corrected chi connectivity index (χ4v) is 1.88. The number of aromatic nitrogens is 2. The number of nitrogens with one attached hydrogen (secondary N) is 2. The molecule has 0 aliphatic rings. The van der Waals surface area contributed by atoms with Crippen molar-refractivity contribution >= 4 is 22.7 Å². The van der Waals surface area contributed by atoms with Crippen molar-refractivity contribution in [2.45, 2.75) is 6.42 Å². The third-order valence-electron chi connectivity index (χ3n) is 2.95. The topological polar surface area (TPSA) is 87.1 Å². The molecule has 0 fully saturated rings. The summed E-state index contributed by atoms with van der Waals surface area (Å²) >= 11 is 0. The van der Waals surface area contributed by atoms with Crippen molar-refractivity contribution in [3.63, 3.8) is 0 Å². The summed E-state index contributed by atoms with van der Waals surface area (Å²) in [6.45, 7) is 1.80. The maximum atomic E-state index is 10.7. The van der Waals surface area contributed by atoms with E-state index in [0.29, 0.717) is 5.52 Å². The van der Waals surface area contributed by atoms with E-state index in [1.165, 1.54) is 12.1 Å². The summed E-state index contributed by atoms with van der Waals surface area (Å²) in [5.41, 5.74) is 1.49. The number of aromatic amines is 1. The molecule has 0 aliphatic carbocycles. The lowest BCUT2D eigenvalue weighted by Crippen LogP contribution is -2.23. The molecule has 0 saturated carbocycles. The standard InChI is InChI=1S/C12H17N5O2/c1-13-6-3-7-16(2)12-14-10-5-4-9(17(18)19)8-11(10)15-12/h4-5,8,13H,3,6-7H2,1-2H3,(H,14,15). The molecular weight excluding hydrogens is 246 g/mol. The van der Waals surface area contributed by atoms with E-state index in [1.807, 2.05) is 19.0 Å². The van der Waals surface area contributed by atoms with Gasteiger partial charge in [0, 0.05) is 25.7 Å². The highest BCUT2D eigenvalue weighted by atomic mass is 16.6. The SMILES string of the molecule is CNCCCN(C)c1nc2ccc([N+](=O)[O-])cc2[nH]1. The van der Waals surface area contributed by atoms with Gasteiger partial charge in [0.1, 0.15) is 0 Å². The fraction of sp³-hybridized carbons (Fsp3) is 0.417. The van der Waals surface area contributed by atoms with E-state index in [4.69, 9.17) is 0 Å². The van der Waals surface area contributed by atoms with Gasteiger partial charge in [-0.2, -0.15) is 0 Å². The Morgan fingerprint density at radius 2 is 2.32 bits per heavy atom. The van der Waals surface area contributed by atoms with E-state index < -0.39 is 4.92 Å². The molecule has 1 aromatic heterocycles. The summed E-state index contributed by atoms with van der Waals surface area (Å²) in [4.78, 5) is 19.8. The first-order chi connectivity index (χ1) is 9.11. The zero-order chi connectivity index (χ0) is 13.8. The molecular formula is C12H17N5O2. The maximum Gasteiger partial charge on any atom is 0.271 e. The smallest absolute Gasteiger partial charge is 0.271 e. The molecule has 0 spiro atoms. The summed E-state index contributed by atoms with van der Waals surface area (Å²) in [7, 11) is 3.86. The van der Waals surface area contributed by atoms with Crippen molar-refractivity contribution in [1.82, 2.24) is 15.3 Å². The van der Waals surface area contributed by atoms with E-state index in [0.717, 1.165) is 31.0 Å². The van der Waals surface area contributed by atoms with Crippen LogP contribution in [-0.2, 0) is 0 Å². The maximum absolute atomic E-state index is 10.7. The summed E-state index contributed by atoms with van der Waals surface area (Å²) in [5.74, 6) is 0.728. The Balaban J connectivity index is 2.18. The first kappa shape index (κ1) is 13.3. The fourth-order valence-electron chi connectivity index (χ4n) is 1.88. The summed E-state index contributed by atoms with van der Waals surface area (Å²) in [5, 5.41) is 13.8. The number of non-ortho nitro benzene ring substituents is 1. The van der Waals surface area contributed by atoms with Gasteiger partial charge in [-0.15, -0.1) is 0 Å². The molecule has 7 heteroatoms. The van der Waals surface area contributed by atoms with E-state index in [9.17, 15) is 10.1 Å². The summed E-state index contributed by atoms with van der Waals surface area (Å²) in [6, 6.07) is 4.64. The minimum absolute atomic E-state index is 0.0699. The third-order valence-corrected chi connectivity index (χ3v) is 2.95. The van der Waals surface area contributed by atoms with Crippen LogP contribution in [0.1, 0.15) is 6.42 Å². The van der Waals surface area contributed by atoms with Crippen LogP contribution in [0.5, 0.6) is 0 Å². The number of nitro groups is 1. The Hall–Kier alpha value is -2.15. The van der Waals surface area contributed by atoms with E-state index in [2.05, 4.69) is 15.3 Å². The number of benzene rings is 1. The Morgan fingerprint density at radius 1 is 1.53 bits per heavy atom. The largest absolute Gasteiger partial charge is 0.345 e. The predicted octanol–water partition coefficient (Wildman–Crippen LogP) is 1.52. The van der Waals surface area contributed by atoms with Gasteiger partial charge in [-0.25, -0.2) is 4.98 Å². The van der Waals surface area contributed by atoms with Crippen LogP contribution in [0.3, 0.4) is 0 Å². The normalized spacial score (nSPS) is 10.8. The lowest BCUT2D eigenvalue weighted by atomic mass is 10.3. The van der Waals surface area contributed by atoms with E-state index >= 15 is 0 Å². The minimum Gasteiger partial charge on any atom is -0.345 e.